The summed E-state index contributed by atoms with van der Waals surface area (Å²) in [6, 6.07) is 2.41. The molecule has 1 aliphatic carbocycles. The van der Waals surface area contributed by atoms with Crippen molar-refractivity contribution in [1.29, 1.82) is 0 Å². The number of hydrogen-bond acceptors (Lipinski definition) is 3. The number of aliphatic hydroxyl groups is 1. The van der Waals surface area contributed by atoms with E-state index in [9.17, 15) is 5.11 Å². The van der Waals surface area contributed by atoms with E-state index in [1.807, 2.05) is 12.4 Å². The monoisotopic (exact) mass is 273 g/mol. The molecule has 0 radical (unpaired) electrons. The smallest absolute Gasteiger partial charge is 0.139 e. The first-order valence-corrected chi connectivity index (χ1v) is 7.58. The largest absolute Gasteiger partial charge is 0.393 e. The molecule has 0 saturated heterocycles. The normalized spacial score (nSPS) is 26.9. The second kappa shape index (κ2) is 5.44. The summed E-state index contributed by atoms with van der Waals surface area (Å²) in [7, 11) is 0. The molecule has 0 amide bonds. The number of hydrogen-bond donors (Lipinski definition) is 3. The molecule has 0 bridgehead atoms. The summed E-state index contributed by atoms with van der Waals surface area (Å²) in [6.45, 7) is 4.42. The zero-order valence-corrected chi connectivity index (χ0v) is 12.2. The number of rotatable bonds is 3. The van der Waals surface area contributed by atoms with E-state index in [1.165, 1.54) is 11.3 Å². The van der Waals surface area contributed by atoms with Gasteiger partial charge in [-0.05, 0) is 43.2 Å². The Bertz CT molecular complexity index is 592. The van der Waals surface area contributed by atoms with Gasteiger partial charge in [-0.1, -0.05) is 13.8 Å². The van der Waals surface area contributed by atoms with Crippen molar-refractivity contribution in [1.82, 2.24) is 9.97 Å². The highest BCUT2D eigenvalue weighted by atomic mass is 16.3. The summed E-state index contributed by atoms with van der Waals surface area (Å²) in [5.74, 6) is 0.588. The first-order valence-electron chi connectivity index (χ1n) is 7.58. The number of aromatic amines is 1. The molecule has 2 aromatic rings. The van der Waals surface area contributed by atoms with Crippen LogP contribution in [0.2, 0.25) is 0 Å². The number of aromatic nitrogens is 2. The summed E-state index contributed by atoms with van der Waals surface area (Å²) >= 11 is 0. The van der Waals surface area contributed by atoms with Crippen LogP contribution in [0.1, 0.15) is 38.7 Å². The van der Waals surface area contributed by atoms with E-state index in [-0.39, 0.29) is 6.10 Å². The van der Waals surface area contributed by atoms with E-state index < -0.39 is 0 Å². The van der Waals surface area contributed by atoms with Crippen molar-refractivity contribution in [2.24, 2.45) is 5.92 Å². The number of aryl methyl sites for hydroxylation is 1. The van der Waals surface area contributed by atoms with Gasteiger partial charge in [0, 0.05) is 23.8 Å². The maximum absolute atomic E-state index is 9.92. The maximum Gasteiger partial charge on any atom is 0.139 e. The van der Waals surface area contributed by atoms with Crippen LogP contribution < -0.4 is 5.32 Å². The van der Waals surface area contributed by atoms with E-state index in [2.05, 4.69) is 35.2 Å². The van der Waals surface area contributed by atoms with Crippen LogP contribution in [0, 0.1) is 5.92 Å². The minimum absolute atomic E-state index is 0.169. The van der Waals surface area contributed by atoms with Crippen LogP contribution in [0.3, 0.4) is 0 Å². The molecule has 4 heteroatoms. The van der Waals surface area contributed by atoms with Gasteiger partial charge in [0.25, 0.3) is 0 Å². The summed E-state index contributed by atoms with van der Waals surface area (Å²) in [5, 5.41) is 14.8. The number of nitrogens with zero attached hydrogens (tertiary/aromatic N) is 1. The van der Waals surface area contributed by atoms with Crippen molar-refractivity contribution in [3.05, 3.63) is 24.0 Å². The zero-order valence-electron chi connectivity index (χ0n) is 12.2. The van der Waals surface area contributed by atoms with Crippen molar-refractivity contribution in [2.75, 3.05) is 5.32 Å². The highest BCUT2D eigenvalue weighted by Crippen LogP contribution is 2.32. The van der Waals surface area contributed by atoms with Crippen LogP contribution in [0.4, 0.5) is 5.69 Å². The molecule has 1 aliphatic rings. The Morgan fingerprint density at radius 3 is 3.10 bits per heavy atom. The van der Waals surface area contributed by atoms with Crippen molar-refractivity contribution >= 4 is 16.7 Å². The van der Waals surface area contributed by atoms with Crippen LogP contribution in [0.15, 0.2) is 18.5 Å². The second-order valence-electron chi connectivity index (χ2n) is 5.95. The van der Waals surface area contributed by atoms with Crippen LogP contribution in [-0.4, -0.2) is 27.2 Å². The highest BCUT2D eigenvalue weighted by molar-refractivity contribution is 5.91. The van der Waals surface area contributed by atoms with Crippen molar-refractivity contribution in [3.63, 3.8) is 0 Å². The lowest BCUT2D eigenvalue weighted by Gasteiger charge is -2.34. The molecule has 2 aromatic heterocycles. The lowest BCUT2D eigenvalue weighted by Crippen LogP contribution is -2.36. The minimum Gasteiger partial charge on any atom is -0.393 e. The predicted octanol–water partition coefficient (Wildman–Crippen LogP) is 3.09. The third-order valence-electron chi connectivity index (χ3n) is 4.54. The van der Waals surface area contributed by atoms with Gasteiger partial charge in [0.1, 0.15) is 5.65 Å². The molecule has 3 rings (SSSR count). The molecule has 1 fully saturated rings. The number of H-pyrrole nitrogens is 1. The minimum atomic E-state index is -0.169. The third kappa shape index (κ3) is 2.40. The van der Waals surface area contributed by atoms with Crippen LogP contribution in [0.25, 0.3) is 11.0 Å². The molecule has 3 N–H and O–H groups in total. The van der Waals surface area contributed by atoms with Gasteiger partial charge >= 0.3 is 0 Å². The molecular weight excluding hydrogens is 250 g/mol. The Balaban J connectivity index is 1.94. The molecule has 3 atom stereocenters. The highest BCUT2D eigenvalue weighted by Gasteiger charge is 2.27. The first kappa shape index (κ1) is 13.4. The molecule has 108 valence electrons. The summed E-state index contributed by atoms with van der Waals surface area (Å²) in [4.78, 5) is 7.62. The molecule has 1 saturated carbocycles. The van der Waals surface area contributed by atoms with Gasteiger partial charge in [-0.25, -0.2) is 4.98 Å². The van der Waals surface area contributed by atoms with Gasteiger partial charge in [-0.15, -0.1) is 0 Å². The Morgan fingerprint density at radius 2 is 2.30 bits per heavy atom. The van der Waals surface area contributed by atoms with Gasteiger partial charge in [0.05, 0.1) is 11.8 Å². The van der Waals surface area contributed by atoms with Crippen LogP contribution in [-0.2, 0) is 6.42 Å². The lowest BCUT2D eigenvalue weighted by atomic mass is 9.84. The molecular formula is C16H23N3O. The molecule has 0 spiro atoms. The first-order chi connectivity index (χ1) is 9.69. The fraction of sp³-hybridized carbons (Fsp3) is 0.562. The van der Waals surface area contributed by atoms with E-state index in [0.29, 0.717) is 12.0 Å². The molecule has 4 nitrogen and oxygen atoms in total. The predicted molar refractivity (Wildman–Crippen MR) is 81.9 cm³/mol. The average Bonchev–Trinajstić information content (AvgIpc) is 2.92. The lowest BCUT2D eigenvalue weighted by molar-refractivity contribution is 0.105. The van der Waals surface area contributed by atoms with Crippen LogP contribution >= 0.6 is 0 Å². The van der Waals surface area contributed by atoms with Gasteiger partial charge in [-0.3, -0.25) is 0 Å². The fourth-order valence-electron chi connectivity index (χ4n) is 3.17. The zero-order chi connectivity index (χ0) is 14.1. The molecule has 0 unspecified atom stereocenters. The number of fused-ring (bicyclic) bond motifs is 1. The number of pyridine rings is 1. The fourth-order valence-corrected chi connectivity index (χ4v) is 3.17. The summed E-state index contributed by atoms with van der Waals surface area (Å²) in [6.07, 6.45) is 7.51. The second-order valence-corrected chi connectivity index (χ2v) is 5.95. The van der Waals surface area contributed by atoms with Crippen molar-refractivity contribution in [3.8, 4) is 0 Å². The Kier molecular flexibility index (Phi) is 3.66. The number of aliphatic hydroxyl groups excluding tert-OH is 1. The average molecular weight is 273 g/mol. The molecule has 0 aromatic carbocycles. The standard InChI is InChI=1S/C16H23N3O/c1-3-11-9-18-16-13(6-7-17-16)15(11)19-14-8-12(20)5-4-10(14)2/h6-7,9-10,12,14,20H,3-5,8H2,1-2H3,(H2,17,18,19)/t10-,12-,14-/m1/s1. The third-order valence-corrected chi connectivity index (χ3v) is 4.54. The van der Waals surface area contributed by atoms with Gasteiger partial charge in [0.2, 0.25) is 0 Å². The quantitative estimate of drug-likeness (QED) is 0.805. The molecule has 2 heterocycles. The van der Waals surface area contributed by atoms with Gasteiger partial charge < -0.3 is 15.4 Å². The Labute approximate surface area is 119 Å². The summed E-state index contributed by atoms with van der Waals surface area (Å²) in [5.41, 5.74) is 3.35. The Hall–Kier alpha value is -1.55. The van der Waals surface area contributed by atoms with Gasteiger partial charge in [0.15, 0.2) is 0 Å². The van der Waals surface area contributed by atoms with Gasteiger partial charge in [-0.2, -0.15) is 0 Å². The number of nitrogens with one attached hydrogen (secondary N) is 2. The van der Waals surface area contributed by atoms with Crippen molar-refractivity contribution < 1.29 is 5.11 Å². The van der Waals surface area contributed by atoms with E-state index >= 15 is 0 Å². The van der Waals surface area contributed by atoms with E-state index in [4.69, 9.17) is 0 Å². The van der Waals surface area contributed by atoms with E-state index in [1.54, 1.807) is 0 Å². The molecule has 0 aliphatic heterocycles. The Morgan fingerprint density at radius 1 is 1.45 bits per heavy atom. The number of anilines is 1. The maximum atomic E-state index is 9.92. The van der Waals surface area contributed by atoms with Crippen molar-refractivity contribution in [2.45, 2.75) is 51.7 Å². The van der Waals surface area contributed by atoms with Crippen LogP contribution in [0.5, 0.6) is 0 Å². The summed E-state index contributed by atoms with van der Waals surface area (Å²) < 4.78 is 0. The SMILES string of the molecule is CCc1cnc2[nH]ccc2c1N[C@@H]1C[C@H](O)CC[C@H]1C. The topological polar surface area (TPSA) is 60.9 Å². The van der Waals surface area contributed by atoms with E-state index in [0.717, 1.165) is 36.7 Å². The molecule has 20 heavy (non-hydrogen) atoms.